The van der Waals surface area contributed by atoms with Gasteiger partial charge in [0.25, 0.3) is 0 Å². The first-order chi connectivity index (χ1) is 8.66. The highest BCUT2D eigenvalue weighted by atomic mass is 35.5. The van der Waals surface area contributed by atoms with Crippen molar-refractivity contribution < 1.29 is 5.11 Å². The van der Waals surface area contributed by atoms with E-state index in [0.717, 1.165) is 0 Å². The van der Waals surface area contributed by atoms with Gasteiger partial charge in [-0.1, -0.05) is 11.6 Å². The van der Waals surface area contributed by atoms with Crippen LogP contribution in [0.15, 0.2) is 41.6 Å². The molecule has 0 bridgehead atoms. The van der Waals surface area contributed by atoms with E-state index in [9.17, 15) is 9.90 Å². The van der Waals surface area contributed by atoms with E-state index >= 15 is 0 Å². The number of nitrogens with one attached hydrogen (secondary N) is 1. The van der Waals surface area contributed by atoms with Crippen molar-refractivity contribution in [3.05, 3.63) is 52.3 Å². The van der Waals surface area contributed by atoms with Crippen molar-refractivity contribution in [2.75, 3.05) is 0 Å². The fraction of sp³-hybridized carbons (Fsp3) is 0. The Balaban J connectivity index is 2.35. The minimum Gasteiger partial charge on any atom is -0.508 e. The van der Waals surface area contributed by atoms with Gasteiger partial charge in [0.2, 0.25) is 0 Å². The van der Waals surface area contributed by atoms with Gasteiger partial charge in [0.15, 0.2) is 0 Å². The predicted octanol–water partition coefficient (Wildman–Crippen LogP) is 2.05. The Kier molecular flexibility index (Phi) is 2.34. The molecule has 18 heavy (non-hydrogen) atoms. The summed E-state index contributed by atoms with van der Waals surface area (Å²) in [5, 5.41) is 9.73. The predicted molar refractivity (Wildman–Crippen MR) is 67.9 cm³/mol. The second-order valence-electron chi connectivity index (χ2n) is 3.79. The van der Waals surface area contributed by atoms with Gasteiger partial charge in [0.1, 0.15) is 11.4 Å². The van der Waals surface area contributed by atoms with Crippen molar-refractivity contribution in [3.63, 3.8) is 0 Å². The van der Waals surface area contributed by atoms with Crippen molar-refractivity contribution in [1.82, 2.24) is 14.4 Å². The minimum absolute atomic E-state index is 0.0903. The molecule has 0 saturated heterocycles. The summed E-state index contributed by atoms with van der Waals surface area (Å²) >= 11 is 6.08. The monoisotopic (exact) mass is 261 g/mol. The molecule has 0 saturated carbocycles. The summed E-state index contributed by atoms with van der Waals surface area (Å²) in [6.07, 6.45) is 4.68. The van der Waals surface area contributed by atoms with Gasteiger partial charge in [-0.25, -0.2) is 9.78 Å². The number of rotatable bonds is 1. The van der Waals surface area contributed by atoms with Crippen molar-refractivity contribution >= 4 is 17.2 Å². The third-order valence-electron chi connectivity index (χ3n) is 2.68. The minimum atomic E-state index is -0.263. The lowest BCUT2D eigenvalue weighted by molar-refractivity contribution is 0.475. The summed E-state index contributed by atoms with van der Waals surface area (Å²) in [5.41, 5.74) is 1.65. The van der Waals surface area contributed by atoms with Crippen LogP contribution in [0.5, 0.6) is 5.75 Å². The lowest BCUT2D eigenvalue weighted by atomic mass is 10.1. The maximum Gasteiger partial charge on any atom is 0.331 e. The quantitative estimate of drug-likeness (QED) is 0.704. The van der Waals surface area contributed by atoms with Gasteiger partial charge in [0.05, 0.1) is 5.02 Å². The zero-order chi connectivity index (χ0) is 12.7. The van der Waals surface area contributed by atoms with E-state index in [0.29, 0.717) is 21.8 Å². The topological polar surface area (TPSA) is 70.4 Å². The van der Waals surface area contributed by atoms with E-state index in [-0.39, 0.29) is 11.4 Å². The number of phenols is 1. The first-order valence-electron chi connectivity index (χ1n) is 5.20. The Bertz CT molecular complexity index is 791. The summed E-state index contributed by atoms with van der Waals surface area (Å²) in [5.74, 6) is 0.0903. The molecule has 0 amide bonds. The first-order valence-corrected chi connectivity index (χ1v) is 5.58. The van der Waals surface area contributed by atoms with Crippen LogP contribution in [-0.4, -0.2) is 19.5 Å². The van der Waals surface area contributed by atoms with Gasteiger partial charge in [-0.15, -0.1) is 0 Å². The van der Waals surface area contributed by atoms with Crippen LogP contribution >= 0.6 is 11.6 Å². The molecular weight excluding hydrogens is 254 g/mol. The molecule has 3 rings (SSSR count). The number of hydrogen-bond donors (Lipinski definition) is 2. The molecule has 2 aromatic heterocycles. The van der Waals surface area contributed by atoms with Crippen LogP contribution in [0.1, 0.15) is 0 Å². The highest BCUT2D eigenvalue weighted by Crippen LogP contribution is 2.31. The van der Waals surface area contributed by atoms with E-state index in [4.69, 9.17) is 11.6 Å². The summed E-state index contributed by atoms with van der Waals surface area (Å²) in [7, 11) is 0. The van der Waals surface area contributed by atoms with Crippen molar-refractivity contribution in [2.45, 2.75) is 0 Å². The van der Waals surface area contributed by atoms with E-state index < -0.39 is 0 Å². The first kappa shape index (κ1) is 10.9. The van der Waals surface area contributed by atoms with Gasteiger partial charge in [-0.2, -0.15) is 0 Å². The molecule has 3 aromatic rings. The average Bonchev–Trinajstić information content (AvgIpc) is 2.81. The van der Waals surface area contributed by atoms with E-state index in [1.807, 2.05) is 0 Å². The molecule has 2 heterocycles. The van der Waals surface area contributed by atoms with E-state index in [1.54, 1.807) is 24.7 Å². The van der Waals surface area contributed by atoms with Crippen LogP contribution in [-0.2, 0) is 0 Å². The SMILES string of the molecule is O=c1[nH]cc(-c2ccc(O)cc2Cl)c2nccn12. The normalized spacial score (nSPS) is 10.9. The third kappa shape index (κ3) is 1.56. The summed E-state index contributed by atoms with van der Waals surface area (Å²) < 4.78 is 1.40. The summed E-state index contributed by atoms with van der Waals surface area (Å²) in [4.78, 5) is 18.3. The van der Waals surface area contributed by atoms with Crippen molar-refractivity contribution in [3.8, 4) is 16.9 Å². The van der Waals surface area contributed by atoms with Gasteiger partial charge in [-0.3, -0.25) is 4.40 Å². The fourth-order valence-corrected chi connectivity index (χ4v) is 2.13. The van der Waals surface area contributed by atoms with Crippen LogP contribution in [0.3, 0.4) is 0 Å². The van der Waals surface area contributed by atoms with Crippen LogP contribution in [0, 0.1) is 0 Å². The van der Waals surface area contributed by atoms with E-state index in [2.05, 4.69) is 9.97 Å². The average molecular weight is 262 g/mol. The van der Waals surface area contributed by atoms with Crippen molar-refractivity contribution in [2.24, 2.45) is 0 Å². The molecule has 0 spiro atoms. The number of aromatic hydroxyl groups is 1. The number of halogens is 1. The van der Waals surface area contributed by atoms with Crippen molar-refractivity contribution in [1.29, 1.82) is 0 Å². The van der Waals surface area contributed by atoms with E-state index in [1.165, 1.54) is 16.5 Å². The molecule has 0 radical (unpaired) electrons. The Hall–Kier alpha value is -2.27. The summed E-state index contributed by atoms with van der Waals surface area (Å²) in [6, 6.07) is 4.66. The zero-order valence-corrected chi connectivity index (χ0v) is 9.85. The van der Waals surface area contributed by atoms with Gasteiger partial charge < -0.3 is 10.1 Å². The molecule has 6 heteroatoms. The number of aromatic nitrogens is 3. The van der Waals surface area contributed by atoms with Crippen LogP contribution in [0.2, 0.25) is 5.02 Å². The van der Waals surface area contributed by atoms with Gasteiger partial charge in [0, 0.05) is 29.7 Å². The summed E-state index contributed by atoms with van der Waals surface area (Å²) in [6.45, 7) is 0. The van der Waals surface area contributed by atoms with Gasteiger partial charge in [-0.05, 0) is 18.2 Å². The number of phenolic OH excluding ortho intramolecular Hbond substituents is 1. The largest absolute Gasteiger partial charge is 0.508 e. The molecule has 0 atom stereocenters. The number of H-pyrrole nitrogens is 1. The highest BCUT2D eigenvalue weighted by Gasteiger charge is 2.11. The number of benzene rings is 1. The number of fused-ring (bicyclic) bond motifs is 1. The Morgan fingerprint density at radius 2 is 2.17 bits per heavy atom. The van der Waals surface area contributed by atoms with Crippen LogP contribution in [0.4, 0.5) is 0 Å². The number of aromatic amines is 1. The Labute approximate surface area is 106 Å². The maximum atomic E-state index is 11.6. The molecule has 0 unspecified atom stereocenters. The molecular formula is C12H8ClN3O2. The molecule has 2 N–H and O–H groups in total. The smallest absolute Gasteiger partial charge is 0.331 e. The zero-order valence-electron chi connectivity index (χ0n) is 9.09. The number of nitrogens with zero attached hydrogens (tertiary/aromatic N) is 2. The number of imidazole rings is 1. The highest BCUT2D eigenvalue weighted by molar-refractivity contribution is 6.33. The van der Waals surface area contributed by atoms with Gasteiger partial charge >= 0.3 is 5.69 Å². The fourth-order valence-electron chi connectivity index (χ4n) is 1.86. The molecule has 0 aliphatic heterocycles. The molecule has 0 fully saturated rings. The Morgan fingerprint density at radius 3 is 2.94 bits per heavy atom. The molecule has 0 aliphatic rings. The molecule has 5 nitrogen and oxygen atoms in total. The third-order valence-corrected chi connectivity index (χ3v) is 3.00. The second kappa shape index (κ2) is 3.89. The number of hydrogen-bond acceptors (Lipinski definition) is 3. The van der Waals surface area contributed by atoms with Crippen LogP contribution in [0.25, 0.3) is 16.8 Å². The maximum absolute atomic E-state index is 11.6. The standard InChI is InChI=1S/C12H8ClN3O2/c13-10-5-7(17)1-2-8(10)9-6-15-12(18)16-4-3-14-11(9)16/h1-6,17H,(H,15,18). The molecule has 90 valence electrons. The second-order valence-corrected chi connectivity index (χ2v) is 4.20. The molecule has 1 aromatic carbocycles. The lowest BCUT2D eigenvalue weighted by Crippen LogP contribution is -2.15. The Morgan fingerprint density at radius 1 is 1.33 bits per heavy atom. The lowest BCUT2D eigenvalue weighted by Gasteiger charge is -2.06. The molecule has 0 aliphatic carbocycles. The van der Waals surface area contributed by atoms with Crippen LogP contribution < -0.4 is 5.69 Å².